The second-order valence-corrected chi connectivity index (χ2v) is 6.30. The average Bonchev–Trinajstić information content (AvgIpc) is 2.78. The zero-order valence-electron chi connectivity index (χ0n) is 11.7. The van der Waals surface area contributed by atoms with E-state index in [0.29, 0.717) is 5.69 Å². The quantitative estimate of drug-likeness (QED) is 0.770. The fraction of sp³-hybridized carbons (Fsp3) is 0.714. The molecule has 4 nitrogen and oxygen atoms in total. The number of hydrogen-bond donors (Lipinski definition) is 0. The molecular weight excluding hydrogens is 228 g/mol. The van der Waals surface area contributed by atoms with E-state index in [1.807, 2.05) is 25.7 Å². The highest BCUT2D eigenvalue weighted by atomic mass is 16.5. The van der Waals surface area contributed by atoms with Crippen molar-refractivity contribution in [1.82, 2.24) is 10.1 Å². The van der Waals surface area contributed by atoms with Gasteiger partial charge in [-0.25, -0.2) is 0 Å². The van der Waals surface area contributed by atoms with E-state index in [9.17, 15) is 4.79 Å². The molecule has 0 radical (unpaired) electrons. The summed E-state index contributed by atoms with van der Waals surface area (Å²) in [6.45, 7) is 10.0. The number of aromatic nitrogens is 1. The van der Waals surface area contributed by atoms with E-state index in [4.69, 9.17) is 4.52 Å². The maximum Gasteiger partial charge on any atom is 0.276 e. The average molecular weight is 250 g/mol. The molecule has 0 N–H and O–H groups in total. The monoisotopic (exact) mass is 250 g/mol. The summed E-state index contributed by atoms with van der Waals surface area (Å²) in [6.07, 6.45) is 2.16. The topological polar surface area (TPSA) is 46.3 Å². The van der Waals surface area contributed by atoms with Crippen molar-refractivity contribution in [3.63, 3.8) is 0 Å². The summed E-state index contributed by atoms with van der Waals surface area (Å²) >= 11 is 0. The van der Waals surface area contributed by atoms with Crippen LogP contribution in [0.25, 0.3) is 0 Å². The smallest absolute Gasteiger partial charge is 0.276 e. The Bertz CT molecular complexity index is 423. The second-order valence-electron chi connectivity index (χ2n) is 6.30. The van der Waals surface area contributed by atoms with E-state index in [1.54, 1.807) is 6.07 Å². The Labute approximate surface area is 108 Å². The first-order chi connectivity index (χ1) is 8.38. The molecule has 1 amide bonds. The van der Waals surface area contributed by atoms with Crippen molar-refractivity contribution in [1.29, 1.82) is 0 Å². The number of likely N-dealkylation sites (tertiary alicyclic amines) is 1. The molecule has 1 saturated heterocycles. The molecule has 0 aliphatic carbocycles. The number of hydrogen-bond acceptors (Lipinski definition) is 3. The standard InChI is InChI=1S/C14H22N2O2/c1-10-5-7-16(8-6-10)13(17)11-9-12(18-15-11)14(2,3)4/h9-10H,5-8H2,1-4H3. The SMILES string of the molecule is CC1CCN(C(=O)c2cc(C(C)(C)C)on2)CC1. The molecule has 1 fully saturated rings. The molecule has 0 saturated carbocycles. The van der Waals surface area contributed by atoms with Gasteiger partial charge in [-0.2, -0.15) is 0 Å². The van der Waals surface area contributed by atoms with Gasteiger partial charge in [0.05, 0.1) is 0 Å². The third kappa shape index (κ3) is 2.74. The van der Waals surface area contributed by atoms with Crippen molar-refractivity contribution in [2.45, 2.75) is 46.0 Å². The van der Waals surface area contributed by atoms with Crippen molar-refractivity contribution in [2.75, 3.05) is 13.1 Å². The predicted molar refractivity (Wildman–Crippen MR) is 69.5 cm³/mol. The number of carbonyl (C=O) groups excluding carboxylic acids is 1. The summed E-state index contributed by atoms with van der Waals surface area (Å²) < 4.78 is 5.26. The minimum Gasteiger partial charge on any atom is -0.360 e. The summed E-state index contributed by atoms with van der Waals surface area (Å²) in [5.41, 5.74) is 0.330. The Balaban J connectivity index is 2.07. The first kappa shape index (κ1) is 13.1. The highest BCUT2D eigenvalue weighted by Crippen LogP contribution is 2.24. The lowest BCUT2D eigenvalue weighted by molar-refractivity contribution is 0.0686. The van der Waals surface area contributed by atoms with Gasteiger partial charge < -0.3 is 9.42 Å². The molecule has 18 heavy (non-hydrogen) atoms. The summed E-state index contributed by atoms with van der Waals surface area (Å²) in [4.78, 5) is 14.1. The van der Waals surface area contributed by atoms with Crippen LogP contribution in [-0.4, -0.2) is 29.1 Å². The van der Waals surface area contributed by atoms with Gasteiger partial charge in [0.25, 0.3) is 5.91 Å². The highest BCUT2D eigenvalue weighted by molar-refractivity contribution is 5.92. The van der Waals surface area contributed by atoms with Crippen molar-refractivity contribution < 1.29 is 9.32 Å². The molecule has 0 unspecified atom stereocenters. The number of carbonyl (C=O) groups is 1. The van der Waals surface area contributed by atoms with Crippen LogP contribution in [0.3, 0.4) is 0 Å². The molecule has 4 heteroatoms. The molecule has 1 aromatic rings. The molecular formula is C14H22N2O2. The lowest BCUT2D eigenvalue weighted by atomic mass is 9.93. The Kier molecular flexibility index (Phi) is 3.46. The maximum absolute atomic E-state index is 12.3. The molecule has 1 aromatic heterocycles. The van der Waals surface area contributed by atoms with Crippen molar-refractivity contribution in [3.05, 3.63) is 17.5 Å². The van der Waals surface area contributed by atoms with Gasteiger partial charge in [0.2, 0.25) is 0 Å². The zero-order valence-corrected chi connectivity index (χ0v) is 11.7. The van der Waals surface area contributed by atoms with Crippen LogP contribution in [0.2, 0.25) is 0 Å². The molecule has 0 atom stereocenters. The summed E-state index contributed by atoms with van der Waals surface area (Å²) in [7, 11) is 0. The minimum atomic E-state index is -0.109. The van der Waals surface area contributed by atoms with Crippen LogP contribution in [0.1, 0.15) is 56.8 Å². The molecule has 2 rings (SSSR count). The van der Waals surface area contributed by atoms with Crippen molar-refractivity contribution >= 4 is 5.91 Å². The van der Waals surface area contributed by atoms with E-state index in [0.717, 1.165) is 37.6 Å². The lowest BCUT2D eigenvalue weighted by Crippen LogP contribution is -2.38. The highest BCUT2D eigenvalue weighted by Gasteiger charge is 2.26. The normalized spacial score (nSPS) is 18.1. The minimum absolute atomic E-state index is 0.00106. The van der Waals surface area contributed by atoms with Gasteiger partial charge in [0.15, 0.2) is 5.69 Å². The molecule has 1 aliphatic rings. The summed E-state index contributed by atoms with van der Waals surface area (Å²) in [6, 6.07) is 1.78. The molecule has 0 aromatic carbocycles. The maximum atomic E-state index is 12.3. The van der Waals surface area contributed by atoms with Crippen LogP contribution in [-0.2, 0) is 5.41 Å². The number of piperidine rings is 1. The fourth-order valence-electron chi connectivity index (χ4n) is 2.10. The molecule has 2 heterocycles. The van der Waals surface area contributed by atoms with Gasteiger partial charge >= 0.3 is 0 Å². The van der Waals surface area contributed by atoms with E-state index < -0.39 is 0 Å². The number of amides is 1. The van der Waals surface area contributed by atoms with Crippen LogP contribution < -0.4 is 0 Å². The zero-order chi connectivity index (χ0) is 13.3. The fourth-order valence-corrected chi connectivity index (χ4v) is 2.10. The van der Waals surface area contributed by atoms with Crippen LogP contribution in [0.4, 0.5) is 0 Å². The Hall–Kier alpha value is -1.32. The molecule has 0 bridgehead atoms. The Morgan fingerprint density at radius 2 is 2.00 bits per heavy atom. The number of nitrogens with zero attached hydrogens (tertiary/aromatic N) is 2. The van der Waals surface area contributed by atoms with Crippen molar-refractivity contribution in [2.24, 2.45) is 5.92 Å². The molecule has 0 spiro atoms. The lowest BCUT2D eigenvalue weighted by Gasteiger charge is -2.29. The van der Waals surface area contributed by atoms with Gasteiger partial charge in [0.1, 0.15) is 5.76 Å². The van der Waals surface area contributed by atoms with Gasteiger partial charge in [-0.1, -0.05) is 32.9 Å². The van der Waals surface area contributed by atoms with Crippen LogP contribution in [0.15, 0.2) is 10.6 Å². The van der Waals surface area contributed by atoms with Crippen LogP contribution >= 0.6 is 0 Å². The van der Waals surface area contributed by atoms with Crippen molar-refractivity contribution in [3.8, 4) is 0 Å². The second kappa shape index (κ2) is 4.75. The summed E-state index contributed by atoms with van der Waals surface area (Å²) in [5.74, 6) is 1.48. The summed E-state index contributed by atoms with van der Waals surface area (Å²) in [5, 5.41) is 3.91. The predicted octanol–water partition coefficient (Wildman–Crippen LogP) is 2.84. The Morgan fingerprint density at radius 3 is 2.50 bits per heavy atom. The Morgan fingerprint density at radius 1 is 1.39 bits per heavy atom. The van der Waals surface area contributed by atoms with Gasteiger partial charge in [0, 0.05) is 24.6 Å². The van der Waals surface area contributed by atoms with Gasteiger partial charge in [-0.3, -0.25) is 4.79 Å². The third-order valence-electron chi connectivity index (χ3n) is 3.54. The van der Waals surface area contributed by atoms with E-state index in [-0.39, 0.29) is 11.3 Å². The molecule has 1 aliphatic heterocycles. The van der Waals surface area contributed by atoms with Gasteiger partial charge in [-0.05, 0) is 18.8 Å². The van der Waals surface area contributed by atoms with E-state index in [2.05, 4.69) is 12.1 Å². The largest absolute Gasteiger partial charge is 0.360 e. The number of rotatable bonds is 1. The third-order valence-corrected chi connectivity index (χ3v) is 3.54. The van der Waals surface area contributed by atoms with E-state index >= 15 is 0 Å². The van der Waals surface area contributed by atoms with E-state index in [1.165, 1.54) is 0 Å². The van der Waals surface area contributed by atoms with Crippen LogP contribution in [0.5, 0.6) is 0 Å². The first-order valence-corrected chi connectivity index (χ1v) is 6.64. The first-order valence-electron chi connectivity index (χ1n) is 6.64. The molecule has 100 valence electrons. The van der Waals surface area contributed by atoms with Crippen LogP contribution in [0, 0.1) is 5.92 Å². The van der Waals surface area contributed by atoms with Gasteiger partial charge in [-0.15, -0.1) is 0 Å².